The Bertz CT molecular complexity index is 1670. The Morgan fingerprint density at radius 3 is 2.28 bits per heavy atom. The number of fused-ring (bicyclic) bond motifs is 3. The topological polar surface area (TPSA) is 70.2 Å². The number of piperazine rings is 1. The highest BCUT2D eigenvalue weighted by atomic mass is 35.5. The Morgan fingerprint density at radius 2 is 1.58 bits per heavy atom. The molecule has 43 heavy (non-hydrogen) atoms. The lowest BCUT2D eigenvalue weighted by Gasteiger charge is -2.43. The molecule has 0 saturated carbocycles. The number of benzene rings is 3. The van der Waals surface area contributed by atoms with E-state index in [2.05, 4.69) is 17.0 Å². The first-order valence-electron chi connectivity index (χ1n) is 14.8. The van der Waals surface area contributed by atoms with Crippen LogP contribution in [0.25, 0.3) is 0 Å². The molecular formula is C32H32ClF2N3O4S. The molecule has 2 bridgehead atoms. The summed E-state index contributed by atoms with van der Waals surface area (Å²) in [4.78, 5) is 17.5. The van der Waals surface area contributed by atoms with E-state index in [0.717, 1.165) is 49.1 Å². The van der Waals surface area contributed by atoms with Crippen LogP contribution in [0, 0.1) is 11.6 Å². The van der Waals surface area contributed by atoms with E-state index in [1.54, 1.807) is 21.3 Å². The Kier molecular flexibility index (Phi) is 7.34. The molecule has 2 atom stereocenters. The van der Waals surface area contributed by atoms with Crippen molar-refractivity contribution < 1.29 is 26.7 Å². The second-order valence-electron chi connectivity index (χ2n) is 11.9. The number of hydrogen-bond acceptors (Lipinski definition) is 5. The number of amides is 1. The predicted molar refractivity (Wildman–Crippen MR) is 159 cm³/mol. The number of anilines is 1. The molecule has 7 nitrogen and oxygen atoms in total. The Hall–Kier alpha value is -3.21. The maximum absolute atomic E-state index is 14.0. The molecule has 0 radical (unpaired) electrons. The van der Waals surface area contributed by atoms with Gasteiger partial charge in [-0.05, 0) is 61.4 Å². The van der Waals surface area contributed by atoms with E-state index >= 15 is 0 Å². The summed E-state index contributed by atoms with van der Waals surface area (Å²) in [6, 6.07) is 15.3. The van der Waals surface area contributed by atoms with E-state index in [-0.39, 0.29) is 27.6 Å². The summed E-state index contributed by atoms with van der Waals surface area (Å²) in [5, 5.41) is -0.129. The quantitative estimate of drug-likeness (QED) is 0.344. The van der Waals surface area contributed by atoms with Crippen LogP contribution in [0.1, 0.15) is 53.1 Å². The van der Waals surface area contributed by atoms with Crippen molar-refractivity contribution in [2.24, 2.45) is 0 Å². The number of likely N-dealkylation sites (tertiary alicyclic amines) is 1. The van der Waals surface area contributed by atoms with E-state index in [1.807, 2.05) is 18.2 Å². The van der Waals surface area contributed by atoms with E-state index in [9.17, 15) is 22.0 Å². The molecule has 1 amide bonds. The number of halogens is 3. The molecular weight excluding hydrogens is 596 g/mol. The molecule has 0 spiro atoms. The van der Waals surface area contributed by atoms with Gasteiger partial charge in [-0.1, -0.05) is 41.9 Å². The SMILES string of the molecule is O=C(c1cc(F)c(F)cc1Cl)N1CC2CCC(C1)N2c1cc(S(=O)(=O)N2CCC(c3ccccc3)CC2)cc2c1OCC2. The van der Waals surface area contributed by atoms with Crippen LogP contribution in [0.15, 0.2) is 59.5 Å². The molecule has 11 heteroatoms. The highest BCUT2D eigenvalue weighted by molar-refractivity contribution is 7.89. The maximum Gasteiger partial charge on any atom is 0.255 e. The summed E-state index contributed by atoms with van der Waals surface area (Å²) in [7, 11) is -3.73. The normalized spacial score (nSPS) is 22.5. The molecule has 3 fully saturated rings. The van der Waals surface area contributed by atoms with Gasteiger partial charge >= 0.3 is 0 Å². The lowest BCUT2D eigenvalue weighted by Crippen LogP contribution is -2.55. The van der Waals surface area contributed by atoms with Crippen molar-refractivity contribution in [3.63, 3.8) is 0 Å². The average Bonchev–Trinajstić information content (AvgIpc) is 3.60. The number of sulfonamides is 1. The van der Waals surface area contributed by atoms with E-state index in [1.165, 1.54) is 5.56 Å². The molecule has 3 aromatic carbocycles. The minimum absolute atomic E-state index is 0.0678. The van der Waals surface area contributed by atoms with Crippen molar-refractivity contribution >= 4 is 33.2 Å². The standard InChI is InChI=1S/C32H32ClF2N3O4S/c33-27-17-29(35)28(34)16-26(27)32(39)36-18-23-6-7-24(19-36)38(23)30-15-25(14-22-10-13-42-31(22)30)43(40,41)37-11-8-21(9-12-37)20-4-2-1-3-5-20/h1-5,14-17,21,23-24H,6-13,18-19H2. The van der Waals surface area contributed by atoms with E-state index in [4.69, 9.17) is 16.3 Å². The van der Waals surface area contributed by atoms with E-state index < -0.39 is 27.6 Å². The van der Waals surface area contributed by atoms with Gasteiger partial charge in [0.15, 0.2) is 11.6 Å². The first-order chi connectivity index (χ1) is 20.7. The molecule has 0 N–H and O–H groups in total. The smallest absolute Gasteiger partial charge is 0.255 e. The average molecular weight is 628 g/mol. The molecule has 3 saturated heterocycles. The lowest BCUT2D eigenvalue weighted by atomic mass is 9.90. The molecule has 4 aliphatic rings. The van der Waals surface area contributed by atoms with Gasteiger partial charge in [-0.3, -0.25) is 4.79 Å². The monoisotopic (exact) mass is 627 g/mol. The van der Waals surface area contributed by atoms with Crippen LogP contribution in [0.3, 0.4) is 0 Å². The van der Waals surface area contributed by atoms with Crippen LogP contribution in [-0.4, -0.2) is 68.4 Å². The largest absolute Gasteiger partial charge is 0.491 e. The van der Waals surface area contributed by atoms with Crippen molar-refractivity contribution in [1.82, 2.24) is 9.21 Å². The Morgan fingerprint density at radius 1 is 0.907 bits per heavy atom. The number of ether oxygens (including phenoxy) is 1. The Labute approximate surface area is 255 Å². The first kappa shape index (κ1) is 28.6. The van der Waals surface area contributed by atoms with Crippen LogP contribution in [0.4, 0.5) is 14.5 Å². The van der Waals surface area contributed by atoms with Crippen molar-refractivity contribution in [1.29, 1.82) is 0 Å². The van der Waals surface area contributed by atoms with Crippen LogP contribution in [0.2, 0.25) is 5.02 Å². The van der Waals surface area contributed by atoms with Gasteiger partial charge in [0.2, 0.25) is 10.0 Å². The second-order valence-corrected chi connectivity index (χ2v) is 14.2. The van der Waals surface area contributed by atoms with Crippen LogP contribution in [0.5, 0.6) is 5.75 Å². The first-order valence-corrected chi connectivity index (χ1v) is 16.6. The molecule has 226 valence electrons. The van der Waals surface area contributed by atoms with Crippen molar-refractivity contribution in [3.8, 4) is 5.75 Å². The molecule has 4 heterocycles. The summed E-state index contributed by atoms with van der Waals surface area (Å²) in [6.07, 6.45) is 3.78. The van der Waals surface area contributed by atoms with Gasteiger partial charge in [-0.15, -0.1) is 0 Å². The molecule has 0 aromatic heterocycles. The maximum atomic E-state index is 14.0. The lowest BCUT2D eigenvalue weighted by molar-refractivity contribution is 0.0717. The third-order valence-electron chi connectivity index (χ3n) is 9.39. The zero-order chi connectivity index (χ0) is 29.9. The minimum Gasteiger partial charge on any atom is -0.491 e. The fourth-order valence-electron chi connectivity index (χ4n) is 7.22. The van der Waals surface area contributed by atoms with Gasteiger partial charge in [0.05, 0.1) is 27.8 Å². The van der Waals surface area contributed by atoms with Gasteiger partial charge in [0, 0.05) is 50.2 Å². The fourth-order valence-corrected chi connectivity index (χ4v) is 9.00. The highest BCUT2D eigenvalue weighted by Gasteiger charge is 2.44. The van der Waals surface area contributed by atoms with Crippen LogP contribution < -0.4 is 9.64 Å². The van der Waals surface area contributed by atoms with Gasteiger partial charge in [0.1, 0.15) is 5.75 Å². The third kappa shape index (κ3) is 5.07. The molecule has 3 aromatic rings. The third-order valence-corrected chi connectivity index (χ3v) is 11.6. The zero-order valence-corrected chi connectivity index (χ0v) is 25.1. The summed E-state index contributed by atoms with van der Waals surface area (Å²) >= 11 is 6.11. The molecule has 0 aliphatic carbocycles. The van der Waals surface area contributed by atoms with Crippen LogP contribution in [-0.2, 0) is 16.4 Å². The second kappa shape index (κ2) is 11.1. The van der Waals surface area contributed by atoms with Gasteiger partial charge < -0.3 is 14.5 Å². The van der Waals surface area contributed by atoms with Crippen molar-refractivity contribution in [2.75, 3.05) is 37.7 Å². The van der Waals surface area contributed by atoms with Gasteiger partial charge in [-0.25, -0.2) is 17.2 Å². The van der Waals surface area contributed by atoms with Gasteiger partial charge in [0.25, 0.3) is 5.91 Å². The summed E-state index contributed by atoms with van der Waals surface area (Å²) in [5.41, 5.74) is 2.80. The number of piperidine rings is 1. The number of carbonyl (C=O) groups excluding carboxylic acids is 1. The number of hydrogen-bond donors (Lipinski definition) is 0. The summed E-state index contributed by atoms with van der Waals surface area (Å²) in [6.45, 7) is 2.11. The van der Waals surface area contributed by atoms with Crippen molar-refractivity contribution in [3.05, 3.63) is 87.9 Å². The molecule has 2 unspecified atom stereocenters. The summed E-state index contributed by atoms with van der Waals surface area (Å²) in [5.74, 6) is -1.62. The number of nitrogens with zero attached hydrogens (tertiary/aromatic N) is 3. The van der Waals surface area contributed by atoms with Crippen molar-refractivity contribution in [2.45, 2.75) is 55.0 Å². The van der Waals surface area contributed by atoms with Crippen LogP contribution >= 0.6 is 11.6 Å². The predicted octanol–water partition coefficient (Wildman–Crippen LogP) is 5.61. The minimum atomic E-state index is -3.73. The van der Waals surface area contributed by atoms with Gasteiger partial charge in [-0.2, -0.15) is 4.31 Å². The Balaban J connectivity index is 1.14. The zero-order valence-electron chi connectivity index (χ0n) is 23.5. The summed E-state index contributed by atoms with van der Waals surface area (Å²) < 4.78 is 63.2. The molecule has 7 rings (SSSR count). The number of carbonyl (C=O) groups is 1. The molecule has 4 aliphatic heterocycles. The fraction of sp³-hybridized carbons (Fsp3) is 0.406. The highest BCUT2D eigenvalue weighted by Crippen LogP contribution is 2.45. The van der Waals surface area contributed by atoms with E-state index in [0.29, 0.717) is 50.9 Å². The number of rotatable bonds is 5.